The first-order valence-electron chi connectivity index (χ1n) is 5.51. The van der Waals surface area contributed by atoms with E-state index in [1.165, 1.54) is 4.31 Å². The fourth-order valence-corrected chi connectivity index (χ4v) is 3.52. The van der Waals surface area contributed by atoms with Gasteiger partial charge in [-0.3, -0.25) is 0 Å². The van der Waals surface area contributed by atoms with Gasteiger partial charge in [-0.05, 0) is 19.8 Å². The predicted octanol–water partition coefficient (Wildman–Crippen LogP) is 1.22. The highest BCUT2D eigenvalue weighted by atomic mass is 32.2. The molecule has 1 aliphatic carbocycles. The third-order valence-corrected chi connectivity index (χ3v) is 5.46. The maximum absolute atomic E-state index is 12.2. The van der Waals surface area contributed by atoms with Crippen LogP contribution in [0, 0.1) is 6.92 Å². The third kappa shape index (κ3) is 2.85. The Morgan fingerprint density at radius 1 is 1.47 bits per heavy atom. The van der Waals surface area contributed by atoms with Crippen molar-refractivity contribution in [3.05, 3.63) is 16.1 Å². The average Bonchev–Trinajstić information content (AvgIpc) is 2.99. The van der Waals surface area contributed by atoms with Crippen molar-refractivity contribution in [3.63, 3.8) is 0 Å². The van der Waals surface area contributed by atoms with Gasteiger partial charge in [0.1, 0.15) is 0 Å². The number of aromatic nitrogens is 1. The van der Waals surface area contributed by atoms with Gasteiger partial charge in [-0.1, -0.05) is 0 Å². The molecule has 1 aliphatic rings. The lowest BCUT2D eigenvalue weighted by atomic mass is 10.4. The fraction of sp³-hybridized carbons (Fsp3) is 0.700. The van der Waals surface area contributed by atoms with Crippen LogP contribution in [0.25, 0.3) is 0 Å². The highest BCUT2D eigenvalue weighted by Gasteiger charge is 2.38. The molecule has 1 heterocycles. The van der Waals surface area contributed by atoms with Crippen molar-refractivity contribution < 1.29 is 8.42 Å². The minimum absolute atomic E-state index is 0.157. The number of nitrogens with zero attached hydrogens (tertiary/aromatic N) is 3. The summed E-state index contributed by atoms with van der Waals surface area (Å²) in [5, 5.41) is 2.90. The van der Waals surface area contributed by atoms with E-state index >= 15 is 0 Å². The second-order valence-corrected chi connectivity index (χ2v) is 7.58. The fourth-order valence-electron chi connectivity index (χ4n) is 1.61. The van der Waals surface area contributed by atoms with E-state index in [4.69, 9.17) is 0 Å². The molecular formula is C10H17N3O2S2. The molecule has 1 aromatic heterocycles. The van der Waals surface area contributed by atoms with E-state index in [9.17, 15) is 8.42 Å². The van der Waals surface area contributed by atoms with Crippen LogP contribution in [-0.4, -0.2) is 42.1 Å². The van der Waals surface area contributed by atoms with Crippen molar-refractivity contribution in [3.8, 4) is 0 Å². The van der Waals surface area contributed by atoms with Gasteiger partial charge in [0.25, 0.3) is 10.2 Å². The average molecular weight is 275 g/mol. The monoisotopic (exact) mass is 275 g/mol. The van der Waals surface area contributed by atoms with Gasteiger partial charge >= 0.3 is 0 Å². The lowest BCUT2D eigenvalue weighted by molar-refractivity contribution is 0.360. The lowest BCUT2D eigenvalue weighted by Gasteiger charge is -2.24. The zero-order valence-corrected chi connectivity index (χ0v) is 11.9. The summed E-state index contributed by atoms with van der Waals surface area (Å²) in [6.45, 7) is 2.31. The molecule has 7 heteroatoms. The van der Waals surface area contributed by atoms with Crippen molar-refractivity contribution in [2.45, 2.75) is 32.4 Å². The molecule has 0 spiro atoms. The molecule has 0 amide bonds. The second-order valence-electron chi connectivity index (χ2n) is 4.42. The summed E-state index contributed by atoms with van der Waals surface area (Å²) in [6, 6.07) is 0.157. The molecule has 0 unspecified atom stereocenters. The topological polar surface area (TPSA) is 53.5 Å². The molecule has 1 saturated carbocycles. The van der Waals surface area contributed by atoms with Crippen LogP contribution in [0.1, 0.15) is 23.5 Å². The van der Waals surface area contributed by atoms with E-state index in [-0.39, 0.29) is 6.04 Å². The van der Waals surface area contributed by atoms with Gasteiger partial charge < -0.3 is 0 Å². The summed E-state index contributed by atoms with van der Waals surface area (Å²) in [4.78, 5) is 4.33. The van der Waals surface area contributed by atoms with E-state index in [0.29, 0.717) is 6.54 Å². The quantitative estimate of drug-likeness (QED) is 0.812. The van der Waals surface area contributed by atoms with Gasteiger partial charge in [0.05, 0.1) is 17.2 Å². The molecule has 96 valence electrons. The van der Waals surface area contributed by atoms with Gasteiger partial charge in [0.2, 0.25) is 0 Å². The molecule has 0 N–H and O–H groups in total. The third-order valence-electron chi connectivity index (χ3n) is 2.70. The summed E-state index contributed by atoms with van der Waals surface area (Å²) in [5.41, 5.74) is 0.838. The molecule has 5 nitrogen and oxygen atoms in total. The Balaban J connectivity index is 2.19. The Kier molecular flexibility index (Phi) is 3.53. The largest absolute Gasteiger partial charge is 0.282 e. The first-order valence-corrected chi connectivity index (χ1v) is 7.79. The van der Waals surface area contributed by atoms with Crippen LogP contribution in [0.2, 0.25) is 0 Å². The first-order chi connectivity index (χ1) is 7.91. The Labute approximate surface area is 106 Å². The number of thiazole rings is 1. The number of aryl methyl sites for hydroxylation is 1. The second kappa shape index (κ2) is 4.64. The zero-order chi connectivity index (χ0) is 12.6. The molecule has 0 saturated heterocycles. The van der Waals surface area contributed by atoms with Crippen LogP contribution in [-0.2, 0) is 16.8 Å². The van der Waals surface area contributed by atoms with Crippen molar-refractivity contribution in [1.29, 1.82) is 0 Å². The molecular weight excluding hydrogens is 258 g/mol. The normalized spacial score (nSPS) is 17.0. The molecule has 0 aliphatic heterocycles. The van der Waals surface area contributed by atoms with E-state index in [2.05, 4.69) is 4.98 Å². The van der Waals surface area contributed by atoms with Crippen LogP contribution in [0.4, 0.5) is 0 Å². The molecule has 0 bridgehead atoms. The van der Waals surface area contributed by atoms with E-state index in [1.807, 2.05) is 12.3 Å². The smallest absolute Gasteiger partial charge is 0.245 e. The SMILES string of the molecule is Cc1nc(CN(C2CC2)S(=O)(=O)N(C)C)cs1. The van der Waals surface area contributed by atoms with Crippen molar-refractivity contribution in [2.75, 3.05) is 14.1 Å². The first kappa shape index (κ1) is 12.9. The minimum Gasteiger partial charge on any atom is -0.245 e. The molecule has 0 atom stereocenters. The maximum atomic E-state index is 12.2. The Morgan fingerprint density at radius 3 is 2.53 bits per heavy atom. The van der Waals surface area contributed by atoms with Crippen LogP contribution >= 0.6 is 11.3 Å². The van der Waals surface area contributed by atoms with Gasteiger partial charge in [-0.25, -0.2) is 4.98 Å². The maximum Gasteiger partial charge on any atom is 0.282 e. The minimum atomic E-state index is -3.33. The Bertz CT molecular complexity index is 491. The highest BCUT2D eigenvalue weighted by Crippen LogP contribution is 2.31. The van der Waals surface area contributed by atoms with Crippen molar-refractivity contribution in [1.82, 2.24) is 13.6 Å². The molecule has 17 heavy (non-hydrogen) atoms. The van der Waals surface area contributed by atoms with Gasteiger partial charge in [0, 0.05) is 25.5 Å². The van der Waals surface area contributed by atoms with Crippen LogP contribution in [0.5, 0.6) is 0 Å². The summed E-state index contributed by atoms with van der Waals surface area (Å²) in [7, 11) is -0.200. The van der Waals surface area contributed by atoms with Gasteiger partial charge in [-0.2, -0.15) is 17.0 Å². The van der Waals surface area contributed by atoms with Gasteiger partial charge in [0.15, 0.2) is 0 Å². The molecule has 1 aromatic rings. The van der Waals surface area contributed by atoms with Crippen molar-refractivity contribution >= 4 is 21.5 Å². The van der Waals surface area contributed by atoms with Crippen LogP contribution in [0.3, 0.4) is 0 Å². The molecule has 0 radical (unpaired) electrons. The number of hydrogen-bond acceptors (Lipinski definition) is 4. The van der Waals surface area contributed by atoms with Crippen LogP contribution in [0.15, 0.2) is 5.38 Å². The van der Waals surface area contributed by atoms with E-state index in [1.54, 1.807) is 29.7 Å². The van der Waals surface area contributed by atoms with E-state index < -0.39 is 10.2 Å². The summed E-state index contributed by atoms with van der Waals surface area (Å²) in [5.74, 6) is 0. The highest BCUT2D eigenvalue weighted by molar-refractivity contribution is 7.86. The van der Waals surface area contributed by atoms with Crippen LogP contribution < -0.4 is 0 Å². The predicted molar refractivity (Wildman–Crippen MR) is 68.0 cm³/mol. The molecule has 1 fully saturated rings. The lowest BCUT2D eigenvalue weighted by Crippen LogP contribution is -2.41. The summed E-state index contributed by atoms with van der Waals surface area (Å²) in [6.07, 6.45) is 1.91. The Hall–Kier alpha value is -0.500. The van der Waals surface area contributed by atoms with Gasteiger partial charge in [-0.15, -0.1) is 11.3 Å². The van der Waals surface area contributed by atoms with E-state index in [0.717, 1.165) is 23.5 Å². The zero-order valence-electron chi connectivity index (χ0n) is 10.3. The molecule has 2 rings (SSSR count). The standard InChI is InChI=1S/C10H17N3O2S2/c1-8-11-9(7-16-8)6-13(10-4-5-10)17(14,15)12(2)3/h7,10H,4-6H2,1-3H3. The summed E-state index contributed by atoms with van der Waals surface area (Å²) < 4.78 is 27.1. The number of hydrogen-bond donors (Lipinski definition) is 0. The number of rotatable bonds is 5. The summed E-state index contributed by atoms with van der Waals surface area (Å²) >= 11 is 1.55. The Morgan fingerprint density at radius 2 is 2.12 bits per heavy atom. The van der Waals surface area contributed by atoms with Crippen molar-refractivity contribution in [2.24, 2.45) is 0 Å². The molecule has 0 aromatic carbocycles.